The van der Waals surface area contributed by atoms with E-state index in [2.05, 4.69) is 20.4 Å². The zero-order valence-corrected chi connectivity index (χ0v) is 15.2. The number of imidazole rings is 1. The number of ether oxygens (including phenoxy) is 1. The Labute approximate surface area is 163 Å². The molecule has 11 heteroatoms. The molecule has 0 radical (unpaired) electrons. The van der Waals surface area contributed by atoms with Crippen molar-refractivity contribution in [2.75, 3.05) is 7.11 Å². The molecular weight excluding hydrogens is 382 g/mol. The molecule has 0 saturated carbocycles. The fourth-order valence-electron chi connectivity index (χ4n) is 2.63. The van der Waals surface area contributed by atoms with Gasteiger partial charge >= 0.3 is 5.97 Å². The number of hydrogen-bond acceptors (Lipinski definition) is 7. The van der Waals surface area contributed by atoms with Gasteiger partial charge in [0.15, 0.2) is 11.4 Å². The third kappa shape index (κ3) is 4.24. The topological polar surface area (TPSA) is 159 Å². The number of nitrogens with one attached hydrogen (secondary N) is 2. The van der Waals surface area contributed by atoms with Crippen molar-refractivity contribution in [1.29, 1.82) is 0 Å². The summed E-state index contributed by atoms with van der Waals surface area (Å²) in [6.45, 7) is 0. The summed E-state index contributed by atoms with van der Waals surface area (Å²) in [6, 6.07) is 5.98. The molecule has 0 bridgehead atoms. The van der Waals surface area contributed by atoms with Gasteiger partial charge in [-0.05, 0) is 12.1 Å². The van der Waals surface area contributed by atoms with Crippen LogP contribution >= 0.6 is 0 Å². The molecule has 0 spiro atoms. The first-order valence-corrected chi connectivity index (χ1v) is 8.38. The number of para-hydroxylation sites is 2. The molecular formula is C18H17N5O6. The molecule has 29 heavy (non-hydrogen) atoms. The number of H-pyrrole nitrogens is 1. The zero-order chi connectivity index (χ0) is 21.0. The average molecular weight is 399 g/mol. The maximum atomic E-state index is 12.6. The quantitative estimate of drug-likeness (QED) is 0.435. The number of amides is 1. The van der Waals surface area contributed by atoms with Crippen LogP contribution in [0.25, 0.3) is 5.69 Å². The maximum absolute atomic E-state index is 12.6. The highest BCUT2D eigenvalue weighted by molar-refractivity contribution is 5.97. The first-order chi connectivity index (χ1) is 13.9. The van der Waals surface area contributed by atoms with Crippen molar-refractivity contribution < 1.29 is 24.5 Å². The van der Waals surface area contributed by atoms with Crippen LogP contribution in [-0.2, 0) is 11.2 Å². The molecule has 11 nitrogen and oxygen atoms in total. The zero-order valence-electron chi connectivity index (χ0n) is 15.2. The number of aromatic amines is 1. The van der Waals surface area contributed by atoms with E-state index < -0.39 is 34.9 Å². The standard InChI is InChI=1S/C18H17N5O6/c1-29-14-5-3-2-4-12(14)23-15(25)7-13(24)16(22-23)17(26)21-11(18(27)28)6-10-8-19-9-20-10/h2-5,7-9,11,24H,6H2,1H3,(H,19,20)(H,21,26)(H,27,28). The normalized spacial score (nSPS) is 11.6. The highest BCUT2D eigenvalue weighted by Gasteiger charge is 2.25. The number of carbonyl (C=O) groups excluding carboxylic acids is 1. The first-order valence-electron chi connectivity index (χ1n) is 8.38. The minimum atomic E-state index is -1.31. The van der Waals surface area contributed by atoms with E-state index in [0.29, 0.717) is 11.4 Å². The molecule has 0 aliphatic heterocycles. The highest BCUT2D eigenvalue weighted by Crippen LogP contribution is 2.21. The average Bonchev–Trinajstić information content (AvgIpc) is 3.20. The van der Waals surface area contributed by atoms with Crippen LogP contribution in [0, 0.1) is 0 Å². The molecule has 1 unspecified atom stereocenters. The van der Waals surface area contributed by atoms with Crippen LogP contribution in [0.3, 0.4) is 0 Å². The van der Waals surface area contributed by atoms with Crippen LogP contribution in [0.2, 0.25) is 0 Å². The number of hydrogen-bond donors (Lipinski definition) is 4. The first kappa shape index (κ1) is 19.6. The van der Waals surface area contributed by atoms with Gasteiger partial charge in [-0.25, -0.2) is 9.78 Å². The molecule has 0 fully saturated rings. The van der Waals surface area contributed by atoms with Crippen LogP contribution in [0.1, 0.15) is 16.2 Å². The van der Waals surface area contributed by atoms with E-state index in [4.69, 9.17) is 4.74 Å². The fourth-order valence-corrected chi connectivity index (χ4v) is 2.63. The Kier molecular flexibility index (Phi) is 5.58. The van der Waals surface area contributed by atoms with Crippen molar-refractivity contribution in [3.05, 3.63) is 64.6 Å². The van der Waals surface area contributed by atoms with Gasteiger partial charge in [0, 0.05) is 24.4 Å². The molecule has 3 rings (SSSR count). The van der Waals surface area contributed by atoms with E-state index in [1.165, 1.54) is 19.6 Å². The van der Waals surface area contributed by atoms with E-state index in [9.17, 15) is 24.6 Å². The van der Waals surface area contributed by atoms with Gasteiger partial charge in [0.25, 0.3) is 11.5 Å². The third-order valence-electron chi connectivity index (χ3n) is 4.02. The minimum absolute atomic E-state index is 0.0615. The summed E-state index contributed by atoms with van der Waals surface area (Å²) in [5.74, 6) is -2.60. The Morgan fingerprint density at radius 2 is 2.10 bits per heavy atom. The summed E-state index contributed by atoms with van der Waals surface area (Å²) < 4.78 is 6.08. The molecule has 1 atom stereocenters. The summed E-state index contributed by atoms with van der Waals surface area (Å²) in [4.78, 5) is 42.9. The van der Waals surface area contributed by atoms with Crippen LogP contribution in [-0.4, -0.2) is 55.0 Å². The molecule has 1 aromatic carbocycles. The number of methoxy groups -OCH3 is 1. The number of benzene rings is 1. The summed E-state index contributed by atoms with van der Waals surface area (Å²) in [5, 5.41) is 25.6. The van der Waals surface area contributed by atoms with Gasteiger partial charge in [-0.2, -0.15) is 9.78 Å². The lowest BCUT2D eigenvalue weighted by atomic mass is 10.1. The number of aromatic hydroxyl groups is 1. The van der Waals surface area contributed by atoms with Crippen molar-refractivity contribution in [3.8, 4) is 17.2 Å². The third-order valence-corrected chi connectivity index (χ3v) is 4.02. The number of aromatic nitrogens is 4. The molecule has 150 valence electrons. The SMILES string of the molecule is COc1ccccc1-n1nc(C(=O)NC(Cc2cnc[nH]2)C(=O)O)c(O)cc1=O. The molecule has 2 heterocycles. The second-order valence-electron chi connectivity index (χ2n) is 5.95. The lowest BCUT2D eigenvalue weighted by Gasteiger charge is -2.15. The van der Waals surface area contributed by atoms with Crippen molar-refractivity contribution in [2.24, 2.45) is 0 Å². The monoisotopic (exact) mass is 399 g/mol. The van der Waals surface area contributed by atoms with Crippen LogP contribution < -0.4 is 15.6 Å². The van der Waals surface area contributed by atoms with Gasteiger partial charge < -0.3 is 25.3 Å². The van der Waals surface area contributed by atoms with E-state index in [-0.39, 0.29) is 12.1 Å². The van der Waals surface area contributed by atoms with E-state index in [0.717, 1.165) is 10.7 Å². The van der Waals surface area contributed by atoms with Crippen LogP contribution in [0.4, 0.5) is 0 Å². The Morgan fingerprint density at radius 3 is 2.76 bits per heavy atom. The van der Waals surface area contributed by atoms with Crippen molar-refractivity contribution in [3.63, 3.8) is 0 Å². The molecule has 1 amide bonds. The second-order valence-corrected chi connectivity index (χ2v) is 5.95. The number of aliphatic carboxylic acids is 1. The predicted octanol–water partition coefficient (Wildman–Crippen LogP) is 0.0955. The van der Waals surface area contributed by atoms with Crippen LogP contribution in [0.5, 0.6) is 11.5 Å². The summed E-state index contributed by atoms with van der Waals surface area (Å²) in [7, 11) is 1.41. The summed E-state index contributed by atoms with van der Waals surface area (Å²) in [6.07, 6.45) is 2.75. The maximum Gasteiger partial charge on any atom is 0.326 e. The number of nitrogens with zero attached hydrogens (tertiary/aromatic N) is 3. The van der Waals surface area contributed by atoms with Gasteiger partial charge in [0.1, 0.15) is 17.5 Å². The molecule has 4 N–H and O–H groups in total. The lowest BCUT2D eigenvalue weighted by Crippen LogP contribution is -2.43. The minimum Gasteiger partial charge on any atom is -0.505 e. The van der Waals surface area contributed by atoms with Gasteiger partial charge in [-0.15, -0.1) is 0 Å². The Hall–Kier alpha value is -4.15. The fraction of sp³-hybridized carbons (Fsp3) is 0.167. The Balaban J connectivity index is 1.94. The van der Waals surface area contributed by atoms with Crippen molar-refractivity contribution >= 4 is 11.9 Å². The van der Waals surface area contributed by atoms with Gasteiger partial charge in [-0.1, -0.05) is 12.1 Å². The molecule has 0 aliphatic rings. The van der Waals surface area contributed by atoms with E-state index in [1.54, 1.807) is 24.3 Å². The van der Waals surface area contributed by atoms with Gasteiger partial charge in [0.05, 0.1) is 13.4 Å². The van der Waals surface area contributed by atoms with E-state index in [1.807, 2.05) is 0 Å². The number of carbonyl (C=O) groups is 2. The second kappa shape index (κ2) is 8.25. The lowest BCUT2D eigenvalue weighted by molar-refractivity contribution is -0.139. The highest BCUT2D eigenvalue weighted by atomic mass is 16.5. The number of carboxylic acid groups (broad SMARTS) is 1. The summed E-state index contributed by atoms with van der Waals surface area (Å²) in [5.41, 5.74) is -0.461. The number of rotatable bonds is 7. The molecule has 0 aliphatic carbocycles. The number of carboxylic acids is 1. The predicted molar refractivity (Wildman–Crippen MR) is 99.2 cm³/mol. The van der Waals surface area contributed by atoms with Crippen LogP contribution in [0.15, 0.2) is 47.7 Å². The van der Waals surface area contributed by atoms with E-state index >= 15 is 0 Å². The Morgan fingerprint density at radius 1 is 1.34 bits per heavy atom. The van der Waals surface area contributed by atoms with Crippen molar-refractivity contribution in [1.82, 2.24) is 25.1 Å². The smallest absolute Gasteiger partial charge is 0.326 e. The molecule has 3 aromatic rings. The van der Waals surface area contributed by atoms with Crippen molar-refractivity contribution in [2.45, 2.75) is 12.5 Å². The summed E-state index contributed by atoms with van der Waals surface area (Å²) >= 11 is 0. The Bertz CT molecular complexity index is 1090. The largest absolute Gasteiger partial charge is 0.505 e. The van der Waals surface area contributed by atoms with Gasteiger partial charge in [0.2, 0.25) is 0 Å². The molecule has 0 saturated heterocycles. The van der Waals surface area contributed by atoms with Gasteiger partial charge in [-0.3, -0.25) is 9.59 Å². The molecule has 2 aromatic heterocycles.